The summed E-state index contributed by atoms with van der Waals surface area (Å²) < 4.78 is 26.5. The molecule has 294 valence electrons. The summed E-state index contributed by atoms with van der Waals surface area (Å²) in [7, 11) is -4.74. The van der Waals surface area contributed by atoms with Crippen molar-refractivity contribution < 1.29 is 47.8 Å². The van der Waals surface area contributed by atoms with Crippen LogP contribution in [0, 0.1) is 0 Å². The number of aliphatic carboxylic acids is 1. The summed E-state index contributed by atoms with van der Waals surface area (Å²) in [5.74, 6) is -2.38. The molecule has 0 aromatic heterocycles. The first-order valence-electron chi connectivity index (χ1n) is 19.7. The summed E-state index contributed by atoms with van der Waals surface area (Å²) in [6.07, 6.45) is 31.5. The quantitative estimate of drug-likeness (QED) is 0.0209. The van der Waals surface area contributed by atoms with Crippen LogP contribution in [0.1, 0.15) is 181 Å². The normalized spacial score (nSPS) is 14.0. The second kappa shape index (κ2) is 34.3. The van der Waals surface area contributed by atoms with Crippen LogP contribution in [0.4, 0.5) is 0 Å². The first-order chi connectivity index (χ1) is 24.1. The molecule has 3 unspecified atom stereocenters. The van der Waals surface area contributed by atoms with E-state index in [1.165, 1.54) is 96.3 Å². The Morgan fingerprint density at radius 2 is 1.04 bits per heavy atom. The zero-order valence-electron chi connectivity index (χ0n) is 31.5. The molecule has 0 heterocycles. The monoisotopic (exact) mass is 733 g/mol. The minimum Gasteiger partial charge on any atom is -0.480 e. The maximum atomic E-state index is 12.3. The minimum atomic E-state index is -4.74. The molecule has 0 aliphatic heterocycles. The Morgan fingerprint density at radius 1 is 0.620 bits per heavy atom. The number of carboxylic acids is 1. The van der Waals surface area contributed by atoms with Gasteiger partial charge in [0.2, 0.25) is 5.91 Å². The number of carbonyl (C=O) groups excluding carboxylic acids is 2. The van der Waals surface area contributed by atoms with E-state index in [0.717, 1.165) is 44.9 Å². The van der Waals surface area contributed by atoms with E-state index in [1.807, 2.05) is 0 Å². The minimum absolute atomic E-state index is 0.148. The van der Waals surface area contributed by atoms with E-state index >= 15 is 0 Å². The fourth-order valence-corrected chi connectivity index (χ4v) is 6.20. The predicted octanol–water partition coefficient (Wildman–Crippen LogP) is 9.33. The van der Waals surface area contributed by atoms with Gasteiger partial charge in [0.15, 0.2) is 6.04 Å². The van der Waals surface area contributed by atoms with Crippen LogP contribution in [0.15, 0.2) is 12.2 Å². The summed E-state index contributed by atoms with van der Waals surface area (Å²) in [5.41, 5.74) is 0. The number of ether oxygens (including phenoxy) is 1. The number of hydrogen-bond donors (Lipinski definition) is 4. The summed E-state index contributed by atoms with van der Waals surface area (Å²) >= 11 is 0. The van der Waals surface area contributed by atoms with Crippen molar-refractivity contribution in [2.45, 2.75) is 193 Å². The van der Waals surface area contributed by atoms with Gasteiger partial charge in [-0.05, 0) is 38.5 Å². The molecule has 0 aromatic rings. The lowest BCUT2D eigenvalue weighted by molar-refractivity contribution is -0.147. The van der Waals surface area contributed by atoms with Crippen molar-refractivity contribution in [1.29, 1.82) is 0 Å². The summed E-state index contributed by atoms with van der Waals surface area (Å²) in [4.78, 5) is 45.4. The fourth-order valence-electron chi connectivity index (χ4n) is 5.43. The average molecular weight is 734 g/mol. The maximum Gasteiger partial charge on any atom is 0.472 e. The average Bonchev–Trinajstić information content (AvgIpc) is 3.08. The molecule has 11 nitrogen and oxygen atoms in total. The van der Waals surface area contributed by atoms with Crippen LogP contribution in [-0.2, 0) is 32.7 Å². The first-order valence-corrected chi connectivity index (χ1v) is 21.2. The third kappa shape index (κ3) is 33.4. The van der Waals surface area contributed by atoms with Crippen molar-refractivity contribution in [2.75, 3.05) is 19.8 Å². The fraction of sp³-hybridized carbons (Fsp3) is 0.868. The molecule has 3 atom stereocenters. The number of phosphoric ester groups is 1. The van der Waals surface area contributed by atoms with Crippen molar-refractivity contribution in [3.63, 3.8) is 0 Å². The van der Waals surface area contributed by atoms with E-state index in [1.54, 1.807) is 0 Å². The number of aliphatic hydroxyl groups excluding tert-OH is 1. The van der Waals surface area contributed by atoms with Crippen LogP contribution in [-0.4, -0.2) is 64.9 Å². The Balaban J connectivity index is 3.85. The van der Waals surface area contributed by atoms with Crippen LogP contribution in [0.5, 0.6) is 0 Å². The van der Waals surface area contributed by atoms with Crippen molar-refractivity contribution in [3.8, 4) is 0 Å². The maximum absolute atomic E-state index is 12.3. The van der Waals surface area contributed by atoms with Crippen LogP contribution in [0.3, 0.4) is 0 Å². The standard InChI is InChI=1S/C38H72NO10P/c1-3-5-7-9-10-11-12-13-14-15-16-17-18-19-20-21-22-23-24-26-27-29-36(41)39-35(38(43)44)33-49-50(45,46)48-32-34(40)31-47-37(42)30-28-25-8-6-4-2/h13-14,34-35,40H,3-12,15-33H2,1-2H3,(H,39,41)(H,43,44)(H,45,46)/b14-13+. The first kappa shape index (κ1) is 48.2. The van der Waals surface area contributed by atoms with Crippen molar-refractivity contribution in [3.05, 3.63) is 12.2 Å². The molecule has 12 heteroatoms. The Bertz CT molecular complexity index is 916. The molecule has 0 spiro atoms. The predicted molar refractivity (Wildman–Crippen MR) is 199 cm³/mol. The van der Waals surface area contributed by atoms with Gasteiger partial charge in [-0.15, -0.1) is 0 Å². The van der Waals surface area contributed by atoms with Crippen LogP contribution in [0.25, 0.3) is 0 Å². The van der Waals surface area contributed by atoms with E-state index in [2.05, 4.69) is 31.3 Å². The number of aliphatic hydroxyl groups is 1. The summed E-state index contributed by atoms with van der Waals surface area (Å²) in [6, 6.07) is -1.54. The molecular formula is C38H72NO10P. The van der Waals surface area contributed by atoms with Gasteiger partial charge in [-0.2, -0.15) is 0 Å². The number of amides is 1. The van der Waals surface area contributed by atoms with Gasteiger partial charge in [0.25, 0.3) is 0 Å². The zero-order valence-corrected chi connectivity index (χ0v) is 32.4. The Morgan fingerprint density at radius 3 is 1.52 bits per heavy atom. The summed E-state index contributed by atoms with van der Waals surface area (Å²) in [5, 5.41) is 21.6. The number of esters is 1. The lowest BCUT2D eigenvalue weighted by Crippen LogP contribution is -2.43. The molecule has 0 aliphatic carbocycles. The summed E-state index contributed by atoms with van der Waals surface area (Å²) in [6.45, 7) is 2.47. The molecule has 0 fully saturated rings. The lowest BCUT2D eigenvalue weighted by atomic mass is 10.0. The van der Waals surface area contributed by atoms with Gasteiger partial charge >= 0.3 is 19.8 Å². The van der Waals surface area contributed by atoms with E-state index in [-0.39, 0.29) is 12.8 Å². The van der Waals surface area contributed by atoms with E-state index in [9.17, 15) is 34.1 Å². The smallest absolute Gasteiger partial charge is 0.472 e. The SMILES string of the molecule is CCCCCCCC/C=C/CCCCCCCCCCCCCC(=O)NC(COP(=O)(O)OCC(O)COC(=O)CCCCCCC)C(=O)O. The molecule has 0 aromatic carbocycles. The number of phosphoric acid groups is 1. The molecule has 0 saturated carbocycles. The van der Waals surface area contributed by atoms with E-state index in [0.29, 0.717) is 12.8 Å². The van der Waals surface area contributed by atoms with Gasteiger partial charge < -0.3 is 25.2 Å². The molecular weight excluding hydrogens is 661 g/mol. The molecule has 1 amide bonds. The van der Waals surface area contributed by atoms with Gasteiger partial charge in [-0.25, -0.2) is 9.36 Å². The van der Waals surface area contributed by atoms with Crippen LogP contribution >= 0.6 is 7.82 Å². The number of nitrogens with one attached hydrogen (secondary N) is 1. The van der Waals surface area contributed by atoms with Crippen molar-refractivity contribution in [1.82, 2.24) is 5.32 Å². The Kier molecular flexibility index (Phi) is 33.1. The molecule has 0 bridgehead atoms. The van der Waals surface area contributed by atoms with Gasteiger partial charge in [-0.3, -0.25) is 18.6 Å². The highest BCUT2D eigenvalue weighted by molar-refractivity contribution is 7.47. The Hall–Kier alpha value is -1.78. The number of carboxylic acid groups (broad SMARTS) is 1. The number of unbranched alkanes of at least 4 members (excludes halogenated alkanes) is 21. The highest BCUT2D eigenvalue weighted by Crippen LogP contribution is 2.43. The number of carbonyl (C=O) groups is 3. The van der Waals surface area contributed by atoms with Gasteiger partial charge in [0, 0.05) is 12.8 Å². The molecule has 50 heavy (non-hydrogen) atoms. The van der Waals surface area contributed by atoms with Crippen molar-refractivity contribution in [2.24, 2.45) is 0 Å². The lowest BCUT2D eigenvalue weighted by Gasteiger charge is -2.18. The molecule has 0 radical (unpaired) electrons. The Labute approximate surface area is 303 Å². The third-order valence-electron chi connectivity index (χ3n) is 8.55. The highest BCUT2D eigenvalue weighted by Gasteiger charge is 2.28. The van der Waals surface area contributed by atoms with Gasteiger partial charge in [-0.1, -0.05) is 142 Å². The number of hydrogen-bond acceptors (Lipinski definition) is 8. The van der Waals surface area contributed by atoms with E-state index in [4.69, 9.17) is 13.8 Å². The van der Waals surface area contributed by atoms with Crippen molar-refractivity contribution >= 4 is 25.7 Å². The molecule has 0 rings (SSSR count). The number of rotatable bonds is 37. The van der Waals surface area contributed by atoms with Crippen LogP contribution < -0.4 is 5.32 Å². The molecule has 0 saturated heterocycles. The van der Waals surface area contributed by atoms with E-state index < -0.39 is 57.6 Å². The topological polar surface area (TPSA) is 169 Å². The molecule has 4 N–H and O–H groups in total. The second-order valence-electron chi connectivity index (χ2n) is 13.5. The largest absolute Gasteiger partial charge is 0.480 e. The van der Waals surface area contributed by atoms with Gasteiger partial charge in [0.1, 0.15) is 12.7 Å². The van der Waals surface area contributed by atoms with Gasteiger partial charge in [0.05, 0.1) is 13.2 Å². The zero-order chi connectivity index (χ0) is 37.1. The highest BCUT2D eigenvalue weighted by atomic mass is 31.2. The molecule has 0 aliphatic rings. The second-order valence-corrected chi connectivity index (χ2v) is 14.9. The van der Waals surface area contributed by atoms with Crippen LogP contribution in [0.2, 0.25) is 0 Å². The third-order valence-corrected chi connectivity index (χ3v) is 9.51. The number of allylic oxidation sites excluding steroid dienone is 2.